The van der Waals surface area contributed by atoms with Crippen molar-refractivity contribution in [2.75, 3.05) is 7.11 Å². The van der Waals surface area contributed by atoms with Gasteiger partial charge in [0.05, 0.1) is 12.7 Å². The number of ether oxygens (including phenoxy) is 1. The van der Waals surface area contributed by atoms with Crippen molar-refractivity contribution in [3.05, 3.63) is 107 Å². The highest BCUT2D eigenvalue weighted by atomic mass is 35.5. The Morgan fingerprint density at radius 2 is 1.81 bits per heavy atom. The highest BCUT2D eigenvalue weighted by Crippen LogP contribution is 2.30. The number of rotatable bonds is 6. The lowest BCUT2D eigenvalue weighted by atomic mass is 10.1. The van der Waals surface area contributed by atoms with Crippen LogP contribution >= 0.6 is 11.6 Å². The van der Waals surface area contributed by atoms with Crippen molar-refractivity contribution < 1.29 is 14.1 Å². The summed E-state index contributed by atoms with van der Waals surface area (Å²) in [6.45, 7) is 0.596. The number of carbonyl (C=O) groups is 1. The number of aromatic nitrogens is 2. The molecule has 0 N–H and O–H groups in total. The summed E-state index contributed by atoms with van der Waals surface area (Å²) in [5.41, 5.74) is 4.04. The molecule has 5 aromatic rings. The summed E-state index contributed by atoms with van der Waals surface area (Å²) >= 11 is 6.02. The van der Waals surface area contributed by atoms with E-state index in [-0.39, 0.29) is 11.5 Å². The molecule has 0 spiro atoms. The first-order valence-corrected chi connectivity index (χ1v) is 10.5. The quantitative estimate of drug-likeness (QED) is 0.292. The van der Waals surface area contributed by atoms with Crippen LogP contribution in [0.25, 0.3) is 22.2 Å². The fourth-order valence-corrected chi connectivity index (χ4v) is 3.89. The van der Waals surface area contributed by atoms with Crippen LogP contribution in [0.4, 0.5) is 0 Å². The van der Waals surface area contributed by atoms with Crippen LogP contribution < -0.4 is 4.74 Å². The van der Waals surface area contributed by atoms with Gasteiger partial charge in [0, 0.05) is 40.3 Å². The van der Waals surface area contributed by atoms with E-state index in [2.05, 4.69) is 5.16 Å². The Morgan fingerprint density at radius 1 is 1.03 bits per heavy atom. The van der Waals surface area contributed by atoms with Crippen molar-refractivity contribution in [1.29, 1.82) is 0 Å². The van der Waals surface area contributed by atoms with E-state index < -0.39 is 0 Å². The van der Waals surface area contributed by atoms with Crippen LogP contribution in [0.15, 0.2) is 89.6 Å². The van der Waals surface area contributed by atoms with Crippen molar-refractivity contribution >= 4 is 28.3 Å². The zero-order valence-corrected chi connectivity index (χ0v) is 18.0. The van der Waals surface area contributed by atoms with Gasteiger partial charge in [-0.15, -0.1) is 0 Å². The number of fused-ring (bicyclic) bond motifs is 1. The van der Waals surface area contributed by atoms with Crippen LogP contribution in [0.1, 0.15) is 21.7 Å². The maximum atomic E-state index is 13.4. The molecule has 0 aliphatic rings. The van der Waals surface area contributed by atoms with Gasteiger partial charge in [-0.25, -0.2) is 0 Å². The molecule has 0 aliphatic carbocycles. The van der Waals surface area contributed by atoms with Crippen LogP contribution in [0.3, 0.4) is 0 Å². The molecule has 0 saturated carbocycles. The van der Waals surface area contributed by atoms with Gasteiger partial charge in [-0.3, -0.25) is 4.79 Å². The summed E-state index contributed by atoms with van der Waals surface area (Å²) in [4.78, 5) is 13.4. The predicted molar refractivity (Wildman–Crippen MR) is 124 cm³/mol. The Kier molecular flexibility index (Phi) is 5.25. The predicted octanol–water partition coefficient (Wildman–Crippen LogP) is 6.24. The van der Waals surface area contributed by atoms with E-state index in [9.17, 15) is 4.79 Å². The Hall–Kier alpha value is -3.83. The number of hydrogen-bond acceptors (Lipinski definition) is 4. The summed E-state index contributed by atoms with van der Waals surface area (Å²) in [7, 11) is 1.61. The van der Waals surface area contributed by atoms with Crippen LogP contribution in [0, 0.1) is 0 Å². The minimum Gasteiger partial charge on any atom is -0.497 e. The van der Waals surface area contributed by atoms with Gasteiger partial charge in [0.15, 0.2) is 0 Å². The molecule has 0 radical (unpaired) electrons. The number of carbonyl (C=O) groups excluding carboxylic acids is 1. The number of hydrogen-bond donors (Lipinski definition) is 0. The molecule has 0 atom stereocenters. The van der Waals surface area contributed by atoms with E-state index in [1.807, 2.05) is 83.6 Å². The van der Waals surface area contributed by atoms with Gasteiger partial charge in [-0.2, -0.15) is 0 Å². The molecule has 0 bridgehead atoms. The second kappa shape index (κ2) is 8.36. The van der Waals surface area contributed by atoms with E-state index in [0.29, 0.717) is 28.6 Å². The minimum absolute atomic E-state index is 0.192. The molecular formula is C26H19ClN2O3. The third kappa shape index (κ3) is 3.79. The van der Waals surface area contributed by atoms with Crippen molar-refractivity contribution in [3.63, 3.8) is 0 Å². The number of methoxy groups -OCH3 is 1. The molecule has 158 valence electrons. The number of ketones is 1. The number of halogens is 1. The molecule has 2 heterocycles. The second-order valence-electron chi connectivity index (χ2n) is 7.45. The Bertz CT molecular complexity index is 1400. The molecule has 0 fully saturated rings. The van der Waals surface area contributed by atoms with Gasteiger partial charge in [-0.05, 0) is 35.9 Å². The molecule has 6 heteroatoms. The molecule has 32 heavy (non-hydrogen) atoms. The van der Waals surface area contributed by atoms with Gasteiger partial charge in [0.1, 0.15) is 11.4 Å². The lowest BCUT2D eigenvalue weighted by Crippen LogP contribution is -2.00. The van der Waals surface area contributed by atoms with Crippen molar-refractivity contribution in [2.24, 2.45) is 0 Å². The molecule has 5 rings (SSSR count). The van der Waals surface area contributed by atoms with Crippen molar-refractivity contribution in [1.82, 2.24) is 9.72 Å². The minimum atomic E-state index is -0.229. The van der Waals surface area contributed by atoms with Crippen LogP contribution in [0.2, 0.25) is 5.02 Å². The van der Waals surface area contributed by atoms with Gasteiger partial charge in [0.25, 0.3) is 0 Å². The van der Waals surface area contributed by atoms with E-state index in [1.54, 1.807) is 13.2 Å². The van der Waals surface area contributed by atoms with Gasteiger partial charge in [0.2, 0.25) is 11.5 Å². The lowest BCUT2D eigenvalue weighted by molar-refractivity contribution is 0.100. The smallest absolute Gasteiger partial charge is 0.233 e. The fourth-order valence-electron chi connectivity index (χ4n) is 3.76. The Morgan fingerprint density at radius 3 is 2.56 bits per heavy atom. The average Bonchev–Trinajstić information content (AvgIpc) is 3.46. The van der Waals surface area contributed by atoms with E-state index >= 15 is 0 Å². The average molecular weight is 443 g/mol. The summed E-state index contributed by atoms with van der Waals surface area (Å²) in [5, 5.41) is 5.57. The highest BCUT2D eigenvalue weighted by molar-refractivity contribution is 6.30. The first-order chi connectivity index (χ1) is 15.6. The van der Waals surface area contributed by atoms with E-state index in [1.165, 1.54) is 0 Å². The first-order valence-electron chi connectivity index (χ1n) is 10.1. The third-order valence-electron chi connectivity index (χ3n) is 5.40. The van der Waals surface area contributed by atoms with Crippen molar-refractivity contribution in [2.45, 2.75) is 6.54 Å². The highest BCUT2D eigenvalue weighted by Gasteiger charge is 2.22. The molecule has 2 aromatic heterocycles. The molecule has 0 unspecified atom stereocenters. The molecule has 0 aliphatic heterocycles. The van der Waals surface area contributed by atoms with Crippen LogP contribution in [-0.4, -0.2) is 22.6 Å². The molecule has 5 nitrogen and oxygen atoms in total. The largest absolute Gasteiger partial charge is 0.497 e. The zero-order chi connectivity index (χ0) is 22.1. The van der Waals surface area contributed by atoms with Crippen molar-refractivity contribution in [3.8, 4) is 17.0 Å². The maximum Gasteiger partial charge on any atom is 0.233 e. The summed E-state index contributed by atoms with van der Waals surface area (Å²) in [6.07, 6.45) is 1.85. The normalized spacial score (nSPS) is 11.1. The standard InChI is InChI=1S/C26H19ClN2O3/c1-31-20-11-12-24-21(13-20)22(16-29(24)15-17-7-9-19(27)10-8-17)26(30)25-14-23(28-32-25)18-5-3-2-4-6-18/h2-14,16H,15H2,1H3. The molecule has 0 saturated heterocycles. The zero-order valence-electron chi connectivity index (χ0n) is 17.3. The number of benzene rings is 3. The molecule has 3 aromatic carbocycles. The summed E-state index contributed by atoms with van der Waals surface area (Å²) in [6, 6.07) is 24.7. The van der Waals surface area contributed by atoms with Crippen LogP contribution in [0.5, 0.6) is 5.75 Å². The summed E-state index contributed by atoms with van der Waals surface area (Å²) < 4.78 is 12.9. The monoisotopic (exact) mass is 442 g/mol. The fraction of sp³-hybridized carbons (Fsp3) is 0.0769. The first kappa shape index (κ1) is 20.1. The maximum absolute atomic E-state index is 13.4. The van der Waals surface area contributed by atoms with E-state index in [0.717, 1.165) is 22.0 Å². The topological polar surface area (TPSA) is 57.3 Å². The third-order valence-corrected chi connectivity index (χ3v) is 5.65. The van der Waals surface area contributed by atoms with Crippen LogP contribution in [-0.2, 0) is 6.54 Å². The second-order valence-corrected chi connectivity index (χ2v) is 7.89. The van der Waals surface area contributed by atoms with Gasteiger partial charge >= 0.3 is 0 Å². The summed E-state index contributed by atoms with van der Waals surface area (Å²) in [5.74, 6) is 0.642. The molecule has 0 amide bonds. The molecular weight excluding hydrogens is 424 g/mol. The lowest BCUT2D eigenvalue weighted by Gasteiger charge is -2.06. The Balaban J connectivity index is 1.56. The van der Waals surface area contributed by atoms with Gasteiger partial charge in [-0.1, -0.05) is 59.2 Å². The Labute approximate surface area is 189 Å². The van der Waals surface area contributed by atoms with E-state index in [4.69, 9.17) is 20.9 Å². The number of nitrogens with zero attached hydrogens (tertiary/aromatic N) is 2. The SMILES string of the molecule is COc1ccc2c(c1)c(C(=O)c1cc(-c3ccccc3)no1)cn2Cc1ccc(Cl)cc1. The van der Waals surface area contributed by atoms with Gasteiger partial charge < -0.3 is 13.8 Å².